The number of phosphoric ester groups is 3. The molecular weight excluding hydrogens is 777 g/mol. The largest absolute Gasteiger partial charge is 0.790 e. The maximum atomic E-state index is 12.5. The number of aliphatic hydroxyl groups excluding tert-OH is 2. The molecule has 0 saturated carbocycles. The van der Waals surface area contributed by atoms with E-state index in [9.17, 15) is 57.9 Å². The summed E-state index contributed by atoms with van der Waals surface area (Å²) in [6.07, 6.45) is -7.42. The first-order chi connectivity index (χ1) is 24.4. The normalized spacial score (nSPS) is 22.8. The van der Waals surface area contributed by atoms with Gasteiger partial charge in [0.1, 0.15) is 42.0 Å². The Morgan fingerprint density at radius 3 is 2.34 bits per heavy atom. The lowest BCUT2D eigenvalue weighted by atomic mass is 9.87. The fraction of sp³-hybridized carbons (Fsp3) is 0.680. The summed E-state index contributed by atoms with van der Waals surface area (Å²) < 4.78 is 60.3. The number of nitrogens with one attached hydrogen (secondary N) is 2. The Kier molecular flexibility index (Phi) is 15.3. The van der Waals surface area contributed by atoms with Crippen LogP contribution < -0.4 is 41.7 Å². The Bertz CT molecular complexity index is 1760. The molecule has 0 spiro atoms. The number of ether oxygens (including phenoxy) is 1. The van der Waals surface area contributed by atoms with E-state index < -0.39 is 84.6 Å². The topological polar surface area (TPSA) is 401 Å². The van der Waals surface area contributed by atoms with E-state index in [4.69, 9.17) is 16.2 Å². The molecule has 0 radical (unpaired) electrons. The molecule has 0 bridgehead atoms. The van der Waals surface area contributed by atoms with E-state index >= 15 is 0 Å². The van der Waals surface area contributed by atoms with E-state index in [1.54, 1.807) is 6.92 Å². The number of hydrogen-bond donors (Lipinski definition) is 6. The molecule has 1 saturated heterocycles. The summed E-state index contributed by atoms with van der Waals surface area (Å²) in [6.45, 7) is 1.56. The summed E-state index contributed by atoms with van der Waals surface area (Å²) in [5.41, 5.74) is 9.58. The number of imidazole rings is 1. The number of nitrogens with two attached hydrogens (primary N) is 2. The van der Waals surface area contributed by atoms with Crippen LogP contribution >= 0.6 is 23.5 Å². The number of nitrogen functional groups attached to an aromatic ring is 1. The molecule has 8 N–H and O–H groups in total. The van der Waals surface area contributed by atoms with Gasteiger partial charge in [-0.1, -0.05) is 13.8 Å². The van der Waals surface area contributed by atoms with Gasteiger partial charge in [0, 0.05) is 43.8 Å². The van der Waals surface area contributed by atoms with Crippen molar-refractivity contribution in [1.82, 2.24) is 30.2 Å². The van der Waals surface area contributed by atoms with Crippen molar-refractivity contribution in [3.05, 3.63) is 12.7 Å². The zero-order valence-electron chi connectivity index (χ0n) is 28.4. The number of ketones is 1. The van der Waals surface area contributed by atoms with Gasteiger partial charge in [-0.2, -0.15) is 0 Å². The number of amides is 2. The average Bonchev–Trinajstić information content (AvgIpc) is 3.58. The maximum absolute atomic E-state index is 12.5. The highest BCUT2D eigenvalue weighted by atomic mass is 31.3. The third-order valence-electron chi connectivity index (χ3n) is 7.33. The van der Waals surface area contributed by atoms with E-state index in [2.05, 4.69) is 43.5 Å². The monoisotopic (exact) mass is 816 g/mol. The number of anilines is 1. The van der Waals surface area contributed by atoms with E-state index in [1.807, 2.05) is 0 Å². The third-order valence-corrected chi connectivity index (χ3v) is 10.3. The van der Waals surface area contributed by atoms with E-state index in [1.165, 1.54) is 13.8 Å². The highest BCUT2D eigenvalue weighted by Gasteiger charge is 2.47. The number of carbonyl (C=O) groups is 3. The van der Waals surface area contributed by atoms with Crippen molar-refractivity contribution in [3.63, 3.8) is 0 Å². The summed E-state index contributed by atoms with van der Waals surface area (Å²) in [5.74, 6) is -1.76. The first kappa shape index (κ1) is 44.6. The molecule has 8 unspecified atom stereocenters. The van der Waals surface area contributed by atoms with Gasteiger partial charge in [-0.3, -0.25) is 28.1 Å². The lowest BCUT2D eigenvalue weighted by Gasteiger charge is -2.36. The Morgan fingerprint density at radius 2 is 1.70 bits per heavy atom. The maximum Gasteiger partial charge on any atom is 0.274 e. The van der Waals surface area contributed by atoms with E-state index in [0.717, 1.165) is 17.2 Å². The van der Waals surface area contributed by atoms with Crippen molar-refractivity contribution in [1.29, 1.82) is 0 Å². The fourth-order valence-corrected chi connectivity index (χ4v) is 7.46. The second kappa shape index (κ2) is 18.2. The molecule has 2 amide bonds. The van der Waals surface area contributed by atoms with Crippen LogP contribution in [0.5, 0.6) is 0 Å². The van der Waals surface area contributed by atoms with Crippen LogP contribution in [0.2, 0.25) is 0 Å². The van der Waals surface area contributed by atoms with Crippen LogP contribution in [0.1, 0.15) is 46.3 Å². The summed E-state index contributed by atoms with van der Waals surface area (Å²) in [7, 11) is -17.6. The average molecular weight is 817 g/mol. The van der Waals surface area contributed by atoms with Crippen molar-refractivity contribution in [3.8, 4) is 0 Å². The molecule has 300 valence electrons. The molecule has 1 aliphatic heterocycles. The zero-order valence-corrected chi connectivity index (χ0v) is 31.1. The van der Waals surface area contributed by atoms with Gasteiger partial charge in [0.25, 0.3) is 15.6 Å². The van der Waals surface area contributed by atoms with E-state index in [-0.39, 0.29) is 61.2 Å². The van der Waals surface area contributed by atoms with Crippen molar-refractivity contribution >= 4 is 58.0 Å². The van der Waals surface area contributed by atoms with Gasteiger partial charge in [0.15, 0.2) is 17.7 Å². The van der Waals surface area contributed by atoms with Gasteiger partial charge in [0.2, 0.25) is 11.8 Å². The Morgan fingerprint density at radius 1 is 1.06 bits per heavy atom. The minimum absolute atomic E-state index is 0.0239. The van der Waals surface area contributed by atoms with E-state index in [0.29, 0.717) is 0 Å². The number of hydrogen-bond acceptors (Lipinski definition) is 22. The number of carbonyl (C=O) groups excluding carboxylic acids is 3. The van der Waals surface area contributed by atoms with Crippen molar-refractivity contribution in [2.24, 2.45) is 11.1 Å². The van der Waals surface area contributed by atoms with Gasteiger partial charge in [-0.05, 0) is 6.92 Å². The lowest BCUT2D eigenvalue weighted by molar-refractivity contribution is -0.347. The highest BCUT2D eigenvalue weighted by molar-refractivity contribution is 7.59. The quantitative estimate of drug-likeness (QED) is 0.0647. The van der Waals surface area contributed by atoms with Crippen LogP contribution in [0.4, 0.5) is 5.82 Å². The second-order valence-corrected chi connectivity index (χ2v) is 16.5. The fourth-order valence-electron chi connectivity index (χ4n) is 4.72. The summed E-state index contributed by atoms with van der Waals surface area (Å²) in [5, 5.41) is 26.0. The standard InChI is InChI=1S/C25H43N8O17P3/c1-13(26)8-14(34)4-6-28-16(35)5-7-29-23(38)20(37)25(2,3)10-47-53(44,45)50-52(42,43)46-9-15-19(49-51(39,40)41)18(36)24(48-15)33-12-32-17-21(27)30-11-31-22(17)33/h11-13,15,18-20,24,36-37H,4-10,26H2,1-3H3,(H,28,35)(H,29,38)(H,42,43)(H,44,45)(H2,27,30,31)(H2,39,40,41)/p-4. The van der Waals surface area contributed by atoms with Crippen molar-refractivity contribution < 1.29 is 80.5 Å². The Hall–Kier alpha value is -2.83. The first-order valence-corrected chi connectivity index (χ1v) is 19.9. The number of phosphoric acid groups is 3. The third kappa shape index (κ3) is 13.5. The SMILES string of the molecule is CC(N)CC(=O)CCNC(=O)CCNC(=O)C(O)C(C)(C)COP(=O)([O-])OP(=O)([O-])OCC1OC(n2cnc3c(N)ncnc32)C(O)C1OP(=O)([O-])[O-]. The molecule has 25 nitrogen and oxygen atoms in total. The van der Waals surface area contributed by atoms with Crippen LogP contribution in [-0.4, -0.2) is 104 Å². The smallest absolute Gasteiger partial charge is 0.274 e. The molecule has 53 heavy (non-hydrogen) atoms. The number of fused-ring (bicyclic) bond motifs is 1. The molecule has 3 rings (SSSR count). The van der Waals surface area contributed by atoms with Gasteiger partial charge < -0.3 is 74.8 Å². The van der Waals surface area contributed by atoms with Crippen LogP contribution in [0.15, 0.2) is 12.7 Å². The minimum atomic E-state index is -5.91. The van der Waals surface area contributed by atoms with Gasteiger partial charge in [0.05, 0.1) is 27.4 Å². The van der Waals surface area contributed by atoms with Crippen molar-refractivity contribution in [2.75, 3.05) is 32.0 Å². The predicted octanol–water partition coefficient (Wildman–Crippen LogP) is -4.43. The molecule has 1 fully saturated rings. The Balaban J connectivity index is 1.53. The summed E-state index contributed by atoms with van der Waals surface area (Å²) in [6, 6.07) is -0.319. The first-order valence-electron chi connectivity index (χ1n) is 15.5. The number of Topliss-reactive ketones (excluding diaryl/α,β-unsaturated/α-hetero) is 1. The molecule has 2 aromatic rings. The summed E-state index contributed by atoms with van der Waals surface area (Å²) >= 11 is 0. The molecule has 28 heteroatoms. The number of aliphatic hydroxyl groups is 2. The van der Waals surface area contributed by atoms with Gasteiger partial charge >= 0.3 is 0 Å². The number of nitrogens with zero attached hydrogens (tertiary/aromatic N) is 4. The lowest BCUT2D eigenvalue weighted by Crippen LogP contribution is -2.46. The van der Waals surface area contributed by atoms with Gasteiger partial charge in [-0.25, -0.2) is 19.3 Å². The van der Waals surface area contributed by atoms with Crippen LogP contribution in [0.25, 0.3) is 11.2 Å². The zero-order chi connectivity index (χ0) is 39.9. The molecule has 8 atom stereocenters. The number of rotatable bonds is 21. The van der Waals surface area contributed by atoms with Crippen LogP contribution in [0, 0.1) is 5.41 Å². The minimum Gasteiger partial charge on any atom is -0.790 e. The predicted molar refractivity (Wildman–Crippen MR) is 169 cm³/mol. The molecule has 2 aromatic heterocycles. The second-order valence-electron chi connectivity index (χ2n) is 12.5. The molecular formula is C25H39N8O17P3-4. The molecule has 3 heterocycles. The number of aromatic nitrogens is 4. The highest BCUT2D eigenvalue weighted by Crippen LogP contribution is 2.56. The Labute approximate surface area is 301 Å². The molecule has 1 aliphatic rings. The molecule has 0 aliphatic carbocycles. The molecule has 0 aromatic carbocycles. The van der Waals surface area contributed by atoms with Gasteiger partial charge in [-0.15, -0.1) is 0 Å². The van der Waals surface area contributed by atoms with Crippen LogP contribution in [-0.2, 0) is 50.7 Å². The van der Waals surface area contributed by atoms with Crippen LogP contribution in [0.3, 0.4) is 0 Å². The van der Waals surface area contributed by atoms with Crippen molar-refractivity contribution in [2.45, 2.75) is 76.7 Å². The summed E-state index contributed by atoms with van der Waals surface area (Å²) in [4.78, 5) is 95.3.